The molecular formula is C21H24BrNO. The van der Waals surface area contributed by atoms with Crippen LogP contribution < -0.4 is 4.74 Å². The van der Waals surface area contributed by atoms with Crippen molar-refractivity contribution in [1.29, 1.82) is 0 Å². The number of hydrogen-bond acceptors (Lipinski definition) is 2. The number of ether oxygens (including phenoxy) is 1. The largest absolute Gasteiger partial charge is 0.486 e. The molecule has 2 aromatic rings. The molecule has 0 radical (unpaired) electrons. The molecule has 1 heterocycles. The normalized spacial score (nSPS) is 22.4. The third-order valence-electron chi connectivity index (χ3n) is 5.15. The van der Waals surface area contributed by atoms with Gasteiger partial charge in [0.05, 0.1) is 0 Å². The zero-order valence-electron chi connectivity index (χ0n) is 14.6. The molecule has 1 atom stereocenters. The molecule has 0 bridgehead atoms. The molecule has 3 heteroatoms. The van der Waals surface area contributed by atoms with Gasteiger partial charge < -0.3 is 4.74 Å². The van der Waals surface area contributed by atoms with Crippen molar-refractivity contribution < 1.29 is 4.74 Å². The van der Waals surface area contributed by atoms with Crippen LogP contribution in [0.15, 0.2) is 40.9 Å². The minimum atomic E-state index is -0.185. The first-order chi connectivity index (χ1) is 11.4. The summed E-state index contributed by atoms with van der Waals surface area (Å²) in [6.45, 7) is 8.45. The lowest BCUT2D eigenvalue weighted by Crippen LogP contribution is -2.41. The van der Waals surface area contributed by atoms with Crippen LogP contribution in [0.25, 0.3) is 0 Å². The monoisotopic (exact) mass is 385 g/mol. The van der Waals surface area contributed by atoms with Crippen LogP contribution in [-0.4, -0.2) is 17.0 Å². The molecule has 0 N–H and O–H groups in total. The quantitative estimate of drug-likeness (QED) is 0.649. The first-order valence-corrected chi connectivity index (χ1v) is 9.51. The second-order valence-electron chi connectivity index (χ2n) is 7.78. The Morgan fingerprint density at radius 1 is 1.12 bits per heavy atom. The Hall–Kier alpha value is -1.32. The van der Waals surface area contributed by atoms with E-state index in [1.807, 2.05) is 0 Å². The first kappa shape index (κ1) is 16.2. The summed E-state index contributed by atoms with van der Waals surface area (Å²) >= 11 is 3.65. The second-order valence-corrected chi connectivity index (χ2v) is 8.69. The SMILES string of the molecule is Cc1ccc2c(c1)CN(C1CCc3ccc(Br)cc31)CC(C)(C)O2. The van der Waals surface area contributed by atoms with Gasteiger partial charge in [0, 0.05) is 29.2 Å². The topological polar surface area (TPSA) is 12.5 Å². The van der Waals surface area contributed by atoms with E-state index in [9.17, 15) is 0 Å². The molecule has 1 aliphatic heterocycles. The maximum atomic E-state index is 6.35. The van der Waals surface area contributed by atoms with E-state index in [-0.39, 0.29) is 5.60 Å². The molecule has 0 saturated heterocycles. The van der Waals surface area contributed by atoms with Gasteiger partial charge in [-0.1, -0.05) is 39.7 Å². The summed E-state index contributed by atoms with van der Waals surface area (Å²) in [7, 11) is 0. The maximum absolute atomic E-state index is 6.35. The zero-order valence-corrected chi connectivity index (χ0v) is 16.2. The number of hydrogen-bond donors (Lipinski definition) is 0. The van der Waals surface area contributed by atoms with Crippen molar-refractivity contribution in [3.05, 3.63) is 63.1 Å². The number of benzene rings is 2. The highest BCUT2D eigenvalue weighted by Crippen LogP contribution is 2.41. The summed E-state index contributed by atoms with van der Waals surface area (Å²) in [5, 5.41) is 0. The Kier molecular flexibility index (Phi) is 3.97. The lowest BCUT2D eigenvalue weighted by atomic mass is 10.0. The van der Waals surface area contributed by atoms with E-state index in [2.05, 4.69) is 78.0 Å². The van der Waals surface area contributed by atoms with Crippen LogP contribution in [0.3, 0.4) is 0 Å². The van der Waals surface area contributed by atoms with Crippen molar-refractivity contribution >= 4 is 15.9 Å². The van der Waals surface area contributed by atoms with Gasteiger partial charge in [-0.05, 0) is 62.9 Å². The Labute approximate surface area is 153 Å². The number of nitrogens with zero attached hydrogens (tertiary/aromatic N) is 1. The average Bonchev–Trinajstić information content (AvgIpc) is 2.86. The molecule has 0 aromatic heterocycles. The molecule has 126 valence electrons. The first-order valence-electron chi connectivity index (χ1n) is 8.72. The third-order valence-corrected chi connectivity index (χ3v) is 5.65. The number of rotatable bonds is 1. The van der Waals surface area contributed by atoms with Crippen LogP contribution in [-0.2, 0) is 13.0 Å². The van der Waals surface area contributed by atoms with E-state index in [1.165, 1.54) is 39.6 Å². The molecule has 2 aromatic carbocycles. The van der Waals surface area contributed by atoms with Crippen LogP contribution in [0, 0.1) is 6.92 Å². The van der Waals surface area contributed by atoms with Crippen molar-refractivity contribution in [2.24, 2.45) is 0 Å². The standard InChI is InChI=1S/C21H24BrNO/c1-14-4-9-20-16(10-14)12-23(13-21(2,3)24-20)19-8-6-15-5-7-17(22)11-18(15)19/h4-5,7,9-11,19H,6,8,12-13H2,1-3H3. The fourth-order valence-corrected chi connectivity index (χ4v) is 4.55. The average molecular weight is 386 g/mol. The van der Waals surface area contributed by atoms with Gasteiger partial charge in [0.1, 0.15) is 11.4 Å². The van der Waals surface area contributed by atoms with E-state index in [4.69, 9.17) is 4.74 Å². The Bertz CT molecular complexity index is 783. The number of halogens is 1. The highest BCUT2D eigenvalue weighted by atomic mass is 79.9. The summed E-state index contributed by atoms with van der Waals surface area (Å²) in [5.74, 6) is 1.04. The van der Waals surface area contributed by atoms with Gasteiger partial charge in [-0.2, -0.15) is 0 Å². The molecule has 2 nitrogen and oxygen atoms in total. The van der Waals surface area contributed by atoms with Gasteiger partial charge in [0.15, 0.2) is 0 Å². The lowest BCUT2D eigenvalue weighted by molar-refractivity contribution is 0.0521. The molecule has 0 spiro atoms. The minimum Gasteiger partial charge on any atom is -0.486 e. The predicted molar refractivity (Wildman–Crippen MR) is 102 cm³/mol. The smallest absolute Gasteiger partial charge is 0.124 e. The molecular weight excluding hydrogens is 362 g/mol. The molecule has 4 rings (SSSR count). The molecule has 0 amide bonds. The Morgan fingerprint density at radius 2 is 1.96 bits per heavy atom. The summed E-state index contributed by atoms with van der Waals surface area (Å²) in [5.41, 5.74) is 5.40. The van der Waals surface area contributed by atoms with Crippen LogP contribution in [0.5, 0.6) is 5.75 Å². The van der Waals surface area contributed by atoms with Gasteiger partial charge in [-0.3, -0.25) is 4.90 Å². The predicted octanol–water partition coefficient (Wildman–Crippen LogP) is 5.42. The molecule has 1 unspecified atom stereocenters. The molecule has 0 fully saturated rings. The highest BCUT2D eigenvalue weighted by molar-refractivity contribution is 9.10. The summed E-state index contributed by atoms with van der Waals surface area (Å²) in [4.78, 5) is 2.61. The summed E-state index contributed by atoms with van der Waals surface area (Å²) in [6, 6.07) is 13.8. The maximum Gasteiger partial charge on any atom is 0.124 e. The summed E-state index contributed by atoms with van der Waals surface area (Å²) in [6.07, 6.45) is 2.37. The van der Waals surface area contributed by atoms with Crippen molar-refractivity contribution in [3.8, 4) is 5.75 Å². The van der Waals surface area contributed by atoms with Crippen molar-refractivity contribution in [3.63, 3.8) is 0 Å². The lowest BCUT2D eigenvalue weighted by Gasteiger charge is -2.33. The van der Waals surface area contributed by atoms with E-state index in [0.29, 0.717) is 6.04 Å². The van der Waals surface area contributed by atoms with Gasteiger partial charge >= 0.3 is 0 Å². The number of aryl methyl sites for hydroxylation is 2. The Morgan fingerprint density at radius 3 is 2.79 bits per heavy atom. The van der Waals surface area contributed by atoms with Gasteiger partial charge in [-0.15, -0.1) is 0 Å². The van der Waals surface area contributed by atoms with Gasteiger partial charge in [0.25, 0.3) is 0 Å². The van der Waals surface area contributed by atoms with Crippen LogP contribution in [0.4, 0.5) is 0 Å². The molecule has 24 heavy (non-hydrogen) atoms. The number of fused-ring (bicyclic) bond motifs is 2. The zero-order chi connectivity index (χ0) is 16.9. The van der Waals surface area contributed by atoms with Crippen LogP contribution >= 0.6 is 15.9 Å². The fraction of sp³-hybridized carbons (Fsp3) is 0.429. The summed E-state index contributed by atoms with van der Waals surface area (Å²) < 4.78 is 7.53. The van der Waals surface area contributed by atoms with Crippen molar-refractivity contribution in [1.82, 2.24) is 4.90 Å². The third kappa shape index (κ3) is 3.00. The van der Waals surface area contributed by atoms with Gasteiger partial charge in [0.2, 0.25) is 0 Å². The van der Waals surface area contributed by atoms with Gasteiger partial charge in [-0.25, -0.2) is 0 Å². The minimum absolute atomic E-state index is 0.185. The van der Waals surface area contributed by atoms with Crippen molar-refractivity contribution in [2.75, 3.05) is 6.54 Å². The van der Waals surface area contributed by atoms with E-state index < -0.39 is 0 Å². The van der Waals surface area contributed by atoms with Crippen LogP contribution in [0.2, 0.25) is 0 Å². The Balaban J connectivity index is 1.73. The fourth-order valence-electron chi connectivity index (χ4n) is 4.18. The molecule has 2 aliphatic rings. The van der Waals surface area contributed by atoms with Crippen LogP contribution in [0.1, 0.15) is 48.6 Å². The molecule has 1 aliphatic carbocycles. The second kappa shape index (κ2) is 5.89. The highest BCUT2D eigenvalue weighted by Gasteiger charge is 2.35. The molecule has 0 saturated carbocycles. The van der Waals surface area contributed by atoms with E-state index in [0.717, 1.165) is 18.8 Å². The van der Waals surface area contributed by atoms with E-state index in [1.54, 1.807) is 0 Å². The van der Waals surface area contributed by atoms with E-state index >= 15 is 0 Å². The van der Waals surface area contributed by atoms with Crippen molar-refractivity contribution in [2.45, 2.75) is 51.8 Å².